The van der Waals surface area contributed by atoms with Crippen molar-refractivity contribution in [1.29, 1.82) is 0 Å². The van der Waals surface area contributed by atoms with E-state index in [1.165, 1.54) is 6.42 Å². The Bertz CT molecular complexity index is 52.0. The van der Waals surface area contributed by atoms with Crippen LogP contribution < -0.4 is 0 Å². The van der Waals surface area contributed by atoms with E-state index in [0.717, 1.165) is 16.9 Å². The Morgan fingerprint density at radius 2 is 2.43 bits per heavy atom. The zero-order valence-corrected chi connectivity index (χ0v) is 6.98. The molecule has 0 aromatic rings. The van der Waals surface area contributed by atoms with Crippen LogP contribution in [0.3, 0.4) is 0 Å². The van der Waals surface area contributed by atoms with Crippen LogP contribution in [0, 0.1) is 0 Å². The summed E-state index contributed by atoms with van der Waals surface area (Å²) in [6.07, 6.45) is 6.17. The molecule has 0 unspecified atom stereocenters. The highest BCUT2D eigenvalue weighted by Crippen LogP contribution is 1.86. The second-order valence-corrected chi connectivity index (χ2v) is 1.87. The quantitative estimate of drug-likeness (QED) is 0.387. The van der Waals surface area contributed by atoms with Crippen LogP contribution >= 0.6 is 0 Å². The third-order valence-electron chi connectivity index (χ3n) is 0.688. The fourth-order valence-electron chi connectivity index (χ4n) is 0.331. The topological polar surface area (TPSA) is 9.23 Å². The molecule has 42 valence electrons. The van der Waals surface area contributed by atoms with E-state index in [0.29, 0.717) is 0 Å². The normalized spacial score (nSPS) is 10.4. The highest BCUT2D eigenvalue weighted by atomic mass is 28.2. The first kappa shape index (κ1) is 6.76. The highest BCUT2D eigenvalue weighted by Gasteiger charge is 1.67. The standard InChI is InChI=1S/C5H12OSi/c1-2-3-4-5-6-7/h4-5H,2-3H2,1,7H3. The van der Waals surface area contributed by atoms with Gasteiger partial charge in [0.1, 0.15) is 0 Å². The second kappa shape index (κ2) is 5.76. The first-order valence-electron chi connectivity index (χ1n) is 2.59. The summed E-state index contributed by atoms with van der Waals surface area (Å²) in [7, 11) is 0.819. The van der Waals surface area contributed by atoms with E-state index >= 15 is 0 Å². The van der Waals surface area contributed by atoms with Crippen molar-refractivity contribution in [3.05, 3.63) is 12.3 Å². The molecule has 0 aliphatic rings. The van der Waals surface area contributed by atoms with Gasteiger partial charge in [-0.15, -0.1) is 0 Å². The fraction of sp³-hybridized carbons (Fsp3) is 0.600. The summed E-state index contributed by atoms with van der Waals surface area (Å²) >= 11 is 0. The van der Waals surface area contributed by atoms with E-state index in [1.54, 1.807) is 6.26 Å². The van der Waals surface area contributed by atoms with Crippen LogP contribution in [0.4, 0.5) is 0 Å². The van der Waals surface area contributed by atoms with Gasteiger partial charge in [0, 0.05) is 0 Å². The number of rotatable bonds is 3. The largest absolute Gasteiger partial charge is 0.559 e. The maximum absolute atomic E-state index is 4.80. The maximum Gasteiger partial charge on any atom is 0.203 e. The van der Waals surface area contributed by atoms with Crippen molar-refractivity contribution >= 4 is 10.5 Å². The smallest absolute Gasteiger partial charge is 0.203 e. The third-order valence-corrected chi connectivity index (χ3v) is 0.960. The third kappa shape index (κ3) is 5.76. The minimum atomic E-state index is 0.819. The second-order valence-electron chi connectivity index (χ2n) is 1.40. The van der Waals surface area contributed by atoms with Gasteiger partial charge in [-0.3, -0.25) is 0 Å². The molecule has 0 aliphatic carbocycles. The Kier molecular flexibility index (Phi) is 5.56. The predicted octanol–water partition coefficient (Wildman–Crippen LogP) is 0.597. The summed E-state index contributed by atoms with van der Waals surface area (Å²) in [6, 6.07) is 0. The number of hydrogen-bond donors (Lipinski definition) is 0. The number of allylic oxidation sites excluding steroid dienone is 1. The lowest BCUT2D eigenvalue weighted by Gasteiger charge is -1.84. The van der Waals surface area contributed by atoms with Crippen molar-refractivity contribution in [1.82, 2.24) is 0 Å². The van der Waals surface area contributed by atoms with Gasteiger partial charge in [-0.1, -0.05) is 19.4 Å². The highest BCUT2D eigenvalue weighted by molar-refractivity contribution is 5.98. The summed E-state index contributed by atoms with van der Waals surface area (Å²) < 4.78 is 4.80. The maximum atomic E-state index is 4.80. The summed E-state index contributed by atoms with van der Waals surface area (Å²) in [4.78, 5) is 0. The molecule has 0 radical (unpaired) electrons. The molecule has 0 amide bonds. The minimum Gasteiger partial charge on any atom is -0.559 e. The van der Waals surface area contributed by atoms with Gasteiger partial charge >= 0.3 is 0 Å². The van der Waals surface area contributed by atoms with Crippen molar-refractivity contribution in [2.45, 2.75) is 19.8 Å². The molecule has 0 bridgehead atoms. The molecule has 0 saturated carbocycles. The van der Waals surface area contributed by atoms with E-state index in [1.807, 2.05) is 6.08 Å². The first-order valence-corrected chi connectivity index (χ1v) is 3.41. The lowest BCUT2D eigenvalue weighted by Crippen LogP contribution is -1.66. The summed E-state index contributed by atoms with van der Waals surface area (Å²) in [5, 5.41) is 0. The number of hydrogen-bond acceptors (Lipinski definition) is 1. The number of unbranched alkanes of at least 4 members (excludes halogenated alkanes) is 1. The zero-order valence-electron chi connectivity index (χ0n) is 4.98. The lowest BCUT2D eigenvalue weighted by atomic mass is 10.3. The van der Waals surface area contributed by atoms with E-state index in [4.69, 9.17) is 4.43 Å². The monoisotopic (exact) mass is 116 g/mol. The van der Waals surface area contributed by atoms with Crippen molar-refractivity contribution in [3.63, 3.8) is 0 Å². The van der Waals surface area contributed by atoms with Gasteiger partial charge in [-0.05, 0) is 6.42 Å². The Morgan fingerprint density at radius 3 is 2.86 bits per heavy atom. The first-order chi connectivity index (χ1) is 3.41. The van der Waals surface area contributed by atoms with Crippen molar-refractivity contribution < 1.29 is 4.43 Å². The van der Waals surface area contributed by atoms with Crippen LogP contribution in [0.1, 0.15) is 19.8 Å². The van der Waals surface area contributed by atoms with Crippen LogP contribution in [-0.4, -0.2) is 10.5 Å². The van der Waals surface area contributed by atoms with E-state index < -0.39 is 0 Å². The lowest BCUT2D eigenvalue weighted by molar-refractivity contribution is 0.531. The fourth-order valence-corrected chi connectivity index (χ4v) is 0.523. The average Bonchev–Trinajstić information content (AvgIpc) is 1.69. The molecule has 0 fully saturated rings. The molecule has 0 N–H and O–H groups in total. The Labute approximate surface area is 47.9 Å². The van der Waals surface area contributed by atoms with Gasteiger partial charge in [0.2, 0.25) is 10.5 Å². The van der Waals surface area contributed by atoms with E-state index in [-0.39, 0.29) is 0 Å². The van der Waals surface area contributed by atoms with Crippen LogP contribution in [0.2, 0.25) is 0 Å². The molecule has 0 spiro atoms. The van der Waals surface area contributed by atoms with Crippen LogP contribution in [0.25, 0.3) is 0 Å². The minimum absolute atomic E-state index is 0.819. The van der Waals surface area contributed by atoms with Gasteiger partial charge < -0.3 is 4.43 Å². The Morgan fingerprint density at radius 1 is 1.71 bits per heavy atom. The molecular weight excluding hydrogens is 104 g/mol. The van der Waals surface area contributed by atoms with Gasteiger partial charge in [0.05, 0.1) is 6.26 Å². The van der Waals surface area contributed by atoms with Crippen LogP contribution in [0.15, 0.2) is 12.3 Å². The predicted molar refractivity (Wildman–Crippen MR) is 35.1 cm³/mol. The molecule has 0 saturated heterocycles. The molecule has 0 aromatic carbocycles. The Balaban J connectivity index is 2.78. The molecular formula is C5H12OSi. The van der Waals surface area contributed by atoms with Gasteiger partial charge in [0.25, 0.3) is 0 Å². The van der Waals surface area contributed by atoms with Crippen LogP contribution in [-0.2, 0) is 4.43 Å². The molecule has 0 aromatic heterocycles. The van der Waals surface area contributed by atoms with E-state index in [2.05, 4.69) is 6.92 Å². The van der Waals surface area contributed by atoms with Crippen molar-refractivity contribution in [3.8, 4) is 0 Å². The summed E-state index contributed by atoms with van der Waals surface area (Å²) in [5.74, 6) is 0. The zero-order chi connectivity index (χ0) is 5.54. The SMILES string of the molecule is CCCC=CO[SiH3]. The summed E-state index contributed by atoms with van der Waals surface area (Å²) in [5.41, 5.74) is 0. The molecule has 7 heavy (non-hydrogen) atoms. The van der Waals surface area contributed by atoms with Gasteiger partial charge in [-0.25, -0.2) is 0 Å². The van der Waals surface area contributed by atoms with Crippen LogP contribution in [0.5, 0.6) is 0 Å². The molecule has 0 rings (SSSR count). The van der Waals surface area contributed by atoms with Gasteiger partial charge in [-0.2, -0.15) is 0 Å². The van der Waals surface area contributed by atoms with Crippen molar-refractivity contribution in [2.75, 3.05) is 0 Å². The molecule has 0 heterocycles. The molecule has 2 heteroatoms. The average molecular weight is 116 g/mol. The molecule has 0 atom stereocenters. The van der Waals surface area contributed by atoms with Gasteiger partial charge in [0.15, 0.2) is 0 Å². The molecule has 1 nitrogen and oxygen atoms in total. The molecule has 0 aliphatic heterocycles. The van der Waals surface area contributed by atoms with Crippen molar-refractivity contribution in [2.24, 2.45) is 0 Å². The van der Waals surface area contributed by atoms with E-state index in [9.17, 15) is 0 Å². The Hall–Kier alpha value is -0.243. The summed E-state index contributed by atoms with van der Waals surface area (Å²) in [6.45, 7) is 2.15.